The Kier molecular flexibility index (Phi) is 4.17. The molecule has 19 heavy (non-hydrogen) atoms. The molecule has 0 aliphatic heterocycles. The molecule has 0 unspecified atom stereocenters. The third-order valence-corrected chi connectivity index (χ3v) is 3.37. The van der Waals surface area contributed by atoms with E-state index in [0.29, 0.717) is 5.69 Å². The molecule has 0 fully saturated rings. The van der Waals surface area contributed by atoms with Crippen molar-refractivity contribution in [2.75, 3.05) is 5.32 Å². The van der Waals surface area contributed by atoms with Crippen LogP contribution in [0.1, 0.15) is 11.1 Å². The number of nitrogens with one attached hydrogen (secondary N) is 1. The highest BCUT2D eigenvalue weighted by atomic mass is 35.5. The van der Waals surface area contributed by atoms with Crippen molar-refractivity contribution in [3.63, 3.8) is 0 Å². The Morgan fingerprint density at radius 2 is 2.16 bits per heavy atom. The first-order chi connectivity index (χ1) is 8.95. The monoisotopic (exact) mass is 301 g/mol. The van der Waals surface area contributed by atoms with Crippen molar-refractivity contribution in [3.05, 3.63) is 52.2 Å². The number of carbonyl (C=O) groups is 1. The molecule has 1 N–H and O–H groups in total. The number of carbonyl (C=O) groups excluding carboxylic acids is 1. The predicted octanol–water partition coefficient (Wildman–Crippen LogP) is 4.22. The zero-order valence-electron chi connectivity index (χ0n) is 9.70. The van der Waals surface area contributed by atoms with Crippen molar-refractivity contribution in [2.24, 2.45) is 0 Å². The van der Waals surface area contributed by atoms with Gasteiger partial charge in [0.05, 0.1) is 6.42 Å². The molecular formula is C13H10ClF2NOS. The van der Waals surface area contributed by atoms with Crippen molar-refractivity contribution in [2.45, 2.75) is 11.8 Å². The molecule has 2 nitrogen and oxygen atoms in total. The SMILES string of the molecule is O=C(Cc1ccsc1)Nc1cccc(C(F)(F)Cl)c1. The van der Waals surface area contributed by atoms with Gasteiger partial charge in [-0.25, -0.2) is 0 Å². The molecule has 6 heteroatoms. The smallest absolute Gasteiger partial charge is 0.326 e. The number of rotatable bonds is 4. The second-order valence-electron chi connectivity index (χ2n) is 3.94. The Balaban J connectivity index is 2.05. The number of alkyl halides is 3. The summed E-state index contributed by atoms with van der Waals surface area (Å²) >= 11 is 6.43. The zero-order chi connectivity index (χ0) is 13.9. The van der Waals surface area contributed by atoms with E-state index in [0.717, 1.165) is 5.56 Å². The van der Waals surface area contributed by atoms with Crippen LogP contribution in [0.3, 0.4) is 0 Å². The number of anilines is 1. The van der Waals surface area contributed by atoms with Gasteiger partial charge in [-0.05, 0) is 46.1 Å². The van der Waals surface area contributed by atoms with E-state index >= 15 is 0 Å². The van der Waals surface area contributed by atoms with E-state index in [1.807, 2.05) is 16.8 Å². The van der Waals surface area contributed by atoms with Crippen LogP contribution in [-0.2, 0) is 16.6 Å². The average Bonchev–Trinajstić information content (AvgIpc) is 2.80. The molecule has 1 aromatic heterocycles. The minimum atomic E-state index is -3.44. The molecule has 1 heterocycles. The lowest BCUT2D eigenvalue weighted by molar-refractivity contribution is -0.115. The summed E-state index contributed by atoms with van der Waals surface area (Å²) in [5.41, 5.74) is 0.849. The van der Waals surface area contributed by atoms with Gasteiger partial charge >= 0.3 is 5.38 Å². The summed E-state index contributed by atoms with van der Waals surface area (Å²) in [4.78, 5) is 11.7. The molecule has 2 rings (SSSR count). The van der Waals surface area contributed by atoms with Gasteiger partial charge in [0.1, 0.15) is 0 Å². The molecule has 0 aliphatic rings. The van der Waals surface area contributed by atoms with Gasteiger partial charge in [-0.1, -0.05) is 12.1 Å². The van der Waals surface area contributed by atoms with Gasteiger partial charge in [0, 0.05) is 11.3 Å². The molecule has 0 saturated heterocycles. The normalized spacial score (nSPS) is 11.3. The number of amides is 1. The van der Waals surface area contributed by atoms with Gasteiger partial charge in [0.2, 0.25) is 5.91 Å². The summed E-state index contributed by atoms with van der Waals surface area (Å²) in [5, 5.41) is 2.87. The van der Waals surface area contributed by atoms with Gasteiger partial charge in [-0.15, -0.1) is 0 Å². The van der Waals surface area contributed by atoms with Gasteiger partial charge in [0.15, 0.2) is 0 Å². The van der Waals surface area contributed by atoms with E-state index in [4.69, 9.17) is 11.6 Å². The molecule has 0 aliphatic carbocycles. The average molecular weight is 302 g/mol. The second-order valence-corrected chi connectivity index (χ2v) is 5.19. The summed E-state index contributed by atoms with van der Waals surface area (Å²) < 4.78 is 25.9. The molecule has 0 saturated carbocycles. The van der Waals surface area contributed by atoms with Crippen LogP contribution in [0, 0.1) is 0 Å². The molecule has 0 bridgehead atoms. The van der Waals surface area contributed by atoms with Gasteiger partial charge < -0.3 is 5.32 Å². The molecule has 1 amide bonds. The zero-order valence-corrected chi connectivity index (χ0v) is 11.3. The maximum atomic E-state index is 12.9. The minimum Gasteiger partial charge on any atom is -0.326 e. The van der Waals surface area contributed by atoms with E-state index in [-0.39, 0.29) is 17.9 Å². The van der Waals surface area contributed by atoms with Crippen molar-refractivity contribution in [1.29, 1.82) is 0 Å². The Hall–Kier alpha value is -1.46. The molecule has 1 aromatic carbocycles. The second kappa shape index (κ2) is 5.67. The van der Waals surface area contributed by atoms with Crippen molar-refractivity contribution in [3.8, 4) is 0 Å². The van der Waals surface area contributed by atoms with Crippen LogP contribution < -0.4 is 5.32 Å². The number of thiophene rings is 1. The number of hydrogen-bond acceptors (Lipinski definition) is 2. The molecule has 100 valence electrons. The predicted molar refractivity (Wildman–Crippen MR) is 72.8 cm³/mol. The van der Waals surface area contributed by atoms with E-state index in [9.17, 15) is 13.6 Å². The van der Waals surface area contributed by atoms with Gasteiger partial charge in [-0.2, -0.15) is 20.1 Å². The van der Waals surface area contributed by atoms with Crippen LogP contribution >= 0.6 is 22.9 Å². The van der Waals surface area contributed by atoms with E-state index in [2.05, 4.69) is 5.32 Å². The van der Waals surface area contributed by atoms with Crippen LogP contribution in [0.2, 0.25) is 0 Å². The largest absolute Gasteiger partial charge is 0.348 e. The maximum absolute atomic E-state index is 12.9. The van der Waals surface area contributed by atoms with Crippen molar-refractivity contribution >= 4 is 34.5 Å². The standard InChI is InChI=1S/C13H10ClF2NOS/c14-13(15,16)10-2-1-3-11(7-10)17-12(18)6-9-4-5-19-8-9/h1-5,7-8H,6H2,(H,17,18). The highest BCUT2D eigenvalue weighted by Gasteiger charge is 2.27. The lowest BCUT2D eigenvalue weighted by atomic mass is 10.2. The van der Waals surface area contributed by atoms with Crippen molar-refractivity contribution < 1.29 is 13.6 Å². The van der Waals surface area contributed by atoms with Gasteiger partial charge in [-0.3, -0.25) is 4.79 Å². The lowest BCUT2D eigenvalue weighted by Crippen LogP contribution is -2.14. The fraction of sp³-hybridized carbons (Fsp3) is 0.154. The summed E-state index contributed by atoms with van der Waals surface area (Å²) in [5.74, 6) is -0.256. The summed E-state index contributed by atoms with van der Waals surface area (Å²) in [7, 11) is 0. The summed E-state index contributed by atoms with van der Waals surface area (Å²) in [6, 6.07) is 7.18. The Morgan fingerprint density at radius 3 is 2.79 bits per heavy atom. The third-order valence-electron chi connectivity index (χ3n) is 2.42. The van der Waals surface area contributed by atoms with E-state index in [1.54, 1.807) is 0 Å². The fourth-order valence-corrected chi connectivity index (χ4v) is 2.34. The number of benzene rings is 1. The molecule has 2 aromatic rings. The summed E-state index contributed by atoms with van der Waals surface area (Å²) in [6.45, 7) is 0. The minimum absolute atomic E-state index is 0.213. The lowest BCUT2D eigenvalue weighted by Gasteiger charge is -2.10. The Bertz CT molecular complexity index is 566. The highest BCUT2D eigenvalue weighted by Crippen LogP contribution is 2.33. The molecule has 0 radical (unpaired) electrons. The van der Waals surface area contributed by atoms with Crippen LogP contribution in [0.25, 0.3) is 0 Å². The quantitative estimate of drug-likeness (QED) is 0.842. The van der Waals surface area contributed by atoms with Crippen LogP contribution in [0.15, 0.2) is 41.1 Å². The first-order valence-corrected chi connectivity index (χ1v) is 6.75. The summed E-state index contributed by atoms with van der Waals surface area (Å²) in [6.07, 6.45) is 0.213. The fourth-order valence-electron chi connectivity index (χ4n) is 1.56. The Labute approximate surface area is 118 Å². The number of hydrogen-bond donors (Lipinski definition) is 1. The van der Waals surface area contributed by atoms with E-state index < -0.39 is 5.38 Å². The van der Waals surface area contributed by atoms with Crippen LogP contribution in [0.5, 0.6) is 0 Å². The van der Waals surface area contributed by atoms with Crippen molar-refractivity contribution in [1.82, 2.24) is 0 Å². The molecule has 0 atom stereocenters. The van der Waals surface area contributed by atoms with Gasteiger partial charge in [0.25, 0.3) is 0 Å². The first-order valence-electron chi connectivity index (χ1n) is 5.43. The third kappa shape index (κ3) is 4.01. The Morgan fingerprint density at radius 1 is 1.37 bits per heavy atom. The van der Waals surface area contributed by atoms with Crippen LogP contribution in [-0.4, -0.2) is 5.91 Å². The van der Waals surface area contributed by atoms with Crippen LogP contribution in [0.4, 0.5) is 14.5 Å². The highest BCUT2D eigenvalue weighted by molar-refractivity contribution is 7.08. The van der Waals surface area contributed by atoms with E-state index in [1.165, 1.54) is 35.6 Å². The number of halogens is 3. The maximum Gasteiger partial charge on any atom is 0.348 e. The topological polar surface area (TPSA) is 29.1 Å². The first kappa shape index (κ1) is 14.0. The molecular weight excluding hydrogens is 292 g/mol. The molecule has 0 spiro atoms.